The summed E-state index contributed by atoms with van der Waals surface area (Å²) in [6, 6.07) is 20.7. The Bertz CT molecular complexity index is 1140. The number of hydrogen-bond acceptors (Lipinski definition) is 4. The number of methoxy groups -OCH3 is 1. The van der Waals surface area contributed by atoms with Gasteiger partial charge in [0.25, 0.3) is 0 Å². The third-order valence-electron chi connectivity index (χ3n) is 6.13. The van der Waals surface area contributed by atoms with E-state index in [1.165, 1.54) is 0 Å². The molecule has 2 N–H and O–H groups in total. The molecule has 182 valence electrons. The van der Waals surface area contributed by atoms with Gasteiger partial charge in [-0.15, -0.1) is 0 Å². The third-order valence-corrected chi connectivity index (χ3v) is 6.38. The molecule has 0 spiro atoms. The molecular weight excluding hydrogens is 464 g/mol. The largest absolute Gasteiger partial charge is 0.508 e. The Morgan fingerprint density at radius 1 is 1.00 bits per heavy atom. The van der Waals surface area contributed by atoms with Gasteiger partial charge in [-0.1, -0.05) is 48.0 Å². The number of carbonyl (C=O) groups is 2. The highest BCUT2D eigenvalue weighted by Gasteiger charge is 2.40. The second-order valence-electron chi connectivity index (χ2n) is 8.72. The SMILES string of the molecule is COc1ccc(CNC(=O)C(c2ccc(Cl)cc2)N(C(=O)CCc2ccc(O)cc2)C2CC2)cc1. The minimum atomic E-state index is -0.745. The van der Waals surface area contributed by atoms with Crippen LogP contribution in [0.25, 0.3) is 0 Å². The first kappa shape index (κ1) is 24.6. The summed E-state index contributed by atoms with van der Waals surface area (Å²) in [4.78, 5) is 28.7. The number of ether oxygens (including phenoxy) is 1. The van der Waals surface area contributed by atoms with Crippen molar-refractivity contribution in [2.75, 3.05) is 7.11 Å². The zero-order chi connectivity index (χ0) is 24.8. The van der Waals surface area contributed by atoms with Gasteiger partial charge in [0, 0.05) is 24.0 Å². The summed E-state index contributed by atoms with van der Waals surface area (Å²) in [5.41, 5.74) is 2.62. The maximum atomic E-state index is 13.5. The van der Waals surface area contributed by atoms with E-state index in [0.29, 0.717) is 18.0 Å². The van der Waals surface area contributed by atoms with Crippen LogP contribution in [0.4, 0.5) is 0 Å². The lowest BCUT2D eigenvalue weighted by Crippen LogP contribution is -2.45. The zero-order valence-corrected chi connectivity index (χ0v) is 20.4. The lowest BCUT2D eigenvalue weighted by atomic mass is 10.0. The van der Waals surface area contributed by atoms with Gasteiger partial charge in [-0.2, -0.15) is 0 Å². The molecule has 1 fully saturated rings. The van der Waals surface area contributed by atoms with Crippen LogP contribution in [0, 0.1) is 0 Å². The average Bonchev–Trinajstić information content (AvgIpc) is 3.71. The summed E-state index contributed by atoms with van der Waals surface area (Å²) in [6.45, 7) is 0.340. The molecule has 0 aromatic heterocycles. The summed E-state index contributed by atoms with van der Waals surface area (Å²) >= 11 is 6.10. The van der Waals surface area contributed by atoms with E-state index >= 15 is 0 Å². The number of phenolic OH excluding ortho intramolecular Hbond substituents is 1. The average molecular weight is 493 g/mol. The fourth-order valence-electron chi connectivity index (χ4n) is 4.07. The van der Waals surface area contributed by atoms with Gasteiger partial charge in [0.1, 0.15) is 17.5 Å². The van der Waals surface area contributed by atoms with Gasteiger partial charge in [-0.05, 0) is 72.4 Å². The van der Waals surface area contributed by atoms with E-state index in [0.717, 1.165) is 35.3 Å². The van der Waals surface area contributed by atoms with Crippen molar-refractivity contribution in [3.63, 3.8) is 0 Å². The summed E-state index contributed by atoms with van der Waals surface area (Å²) in [5.74, 6) is 0.641. The van der Waals surface area contributed by atoms with Crippen LogP contribution >= 0.6 is 11.6 Å². The standard InChI is InChI=1S/C28H29ClN2O4/c1-35-25-15-4-20(5-16-25)18-30-28(34)27(21-7-9-22(29)10-8-21)31(23-11-12-23)26(33)17-6-19-2-13-24(32)14-3-19/h2-5,7-10,13-16,23,27,32H,6,11-12,17-18H2,1H3,(H,30,34). The molecule has 3 aromatic carbocycles. The fraction of sp³-hybridized carbons (Fsp3) is 0.286. The van der Waals surface area contributed by atoms with E-state index in [2.05, 4.69) is 5.32 Å². The van der Waals surface area contributed by atoms with Crippen molar-refractivity contribution in [3.8, 4) is 11.5 Å². The molecule has 6 nitrogen and oxygen atoms in total. The van der Waals surface area contributed by atoms with E-state index < -0.39 is 6.04 Å². The van der Waals surface area contributed by atoms with Crippen molar-refractivity contribution in [1.82, 2.24) is 10.2 Å². The second-order valence-corrected chi connectivity index (χ2v) is 9.16. The zero-order valence-electron chi connectivity index (χ0n) is 19.6. The van der Waals surface area contributed by atoms with Crippen LogP contribution in [0.15, 0.2) is 72.8 Å². The highest BCUT2D eigenvalue weighted by atomic mass is 35.5. The summed E-state index contributed by atoms with van der Waals surface area (Å²) in [7, 11) is 1.61. The van der Waals surface area contributed by atoms with Gasteiger partial charge < -0.3 is 20.1 Å². The molecule has 1 atom stereocenters. The minimum Gasteiger partial charge on any atom is -0.508 e. The van der Waals surface area contributed by atoms with Crippen LogP contribution in [0.3, 0.4) is 0 Å². The molecule has 1 aliphatic carbocycles. The van der Waals surface area contributed by atoms with E-state index in [1.54, 1.807) is 36.3 Å². The Balaban J connectivity index is 1.53. The number of aryl methyl sites for hydroxylation is 1. The number of halogens is 1. The Kier molecular flexibility index (Phi) is 7.93. The topological polar surface area (TPSA) is 78.9 Å². The predicted octanol–water partition coefficient (Wildman–Crippen LogP) is 5.04. The van der Waals surface area contributed by atoms with E-state index in [-0.39, 0.29) is 30.0 Å². The molecule has 0 bridgehead atoms. The molecule has 1 aliphatic rings. The van der Waals surface area contributed by atoms with Crippen molar-refractivity contribution in [1.29, 1.82) is 0 Å². The van der Waals surface area contributed by atoms with Crippen LogP contribution in [0.5, 0.6) is 11.5 Å². The van der Waals surface area contributed by atoms with E-state index in [9.17, 15) is 14.7 Å². The van der Waals surface area contributed by atoms with Crippen LogP contribution in [-0.4, -0.2) is 35.0 Å². The maximum absolute atomic E-state index is 13.5. The number of nitrogens with zero attached hydrogens (tertiary/aromatic N) is 1. The number of amides is 2. The Labute approximate surface area is 210 Å². The van der Waals surface area contributed by atoms with Gasteiger partial charge in [0.2, 0.25) is 11.8 Å². The number of benzene rings is 3. The van der Waals surface area contributed by atoms with Gasteiger partial charge in [-0.3, -0.25) is 9.59 Å². The number of hydrogen-bond donors (Lipinski definition) is 2. The van der Waals surface area contributed by atoms with Crippen molar-refractivity contribution in [3.05, 3.63) is 94.5 Å². The van der Waals surface area contributed by atoms with Crippen molar-refractivity contribution in [2.24, 2.45) is 0 Å². The molecule has 0 saturated heterocycles. The Morgan fingerprint density at radius 3 is 2.23 bits per heavy atom. The van der Waals surface area contributed by atoms with Crippen molar-refractivity contribution < 1.29 is 19.4 Å². The van der Waals surface area contributed by atoms with Crippen molar-refractivity contribution >= 4 is 23.4 Å². The molecule has 35 heavy (non-hydrogen) atoms. The molecule has 3 aromatic rings. The molecule has 1 saturated carbocycles. The first-order chi connectivity index (χ1) is 16.9. The molecule has 0 aliphatic heterocycles. The summed E-state index contributed by atoms with van der Waals surface area (Å²) < 4.78 is 5.20. The highest BCUT2D eigenvalue weighted by molar-refractivity contribution is 6.30. The van der Waals surface area contributed by atoms with E-state index in [1.807, 2.05) is 48.5 Å². The highest BCUT2D eigenvalue weighted by Crippen LogP contribution is 2.36. The number of rotatable bonds is 10. The molecule has 4 rings (SSSR count). The fourth-order valence-corrected chi connectivity index (χ4v) is 4.19. The molecule has 0 heterocycles. The van der Waals surface area contributed by atoms with Crippen LogP contribution in [-0.2, 0) is 22.6 Å². The first-order valence-corrected chi connectivity index (χ1v) is 12.1. The van der Waals surface area contributed by atoms with Crippen LogP contribution in [0.2, 0.25) is 5.02 Å². The maximum Gasteiger partial charge on any atom is 0.247 e. The van der Waals surface area contributed by atoms with Gasteiger partial charge in [0.15, 0.2) is 0 Å². The summed E-state index contributed by atoms with van der Waals surface area (Å²) in [6.07, 6.45) is 2.56. The van der Waals surface area contributed by atoms with Crippen LogP contribution < -0.4 is 10.1 Å². The molecule has 1 unspecified atom stereocenters. The Morgan fingerprint density at radius 2 is 1.63 bits per heavy atom. The Hall–Kier alpha value is -3.51. The number of nitrogens with one attached hydrogen (secondary N) is 1. The number of phenols is 1. The third kappa shape index (κ3) is 6.55. The smallest absolute Gasteiger partial charge is 0.247 e. The normalized spacial score (nSPS) is 13.7. The molecule has 0 radical (unpaired) electrons. The quantitative estimate of drug-likeness (QED) is 0.416. The lowest BCUT2D eigenvalue weighted by Gasteiger charge is -2.32. The monoisotopic (exact) mass is 492 g/mol. The van der Waals surface area contributed by atoms with Gasteiger partial charge in [-0.25, -0.2) is 0 Å². The molecule has 7 heteroatoms. The molecule has 2 amide bonds. The van der Waals surface area contributed by atoms with Gasteiger partial charge >= 0.3 is 0 Å². The van der Waals surface area contributed by atoms with Gasteiger partial charge in [0.05, 0.1) is 7.11 Å². The minimum absolute atomic E-state index is 0.0368. The summed E-state index contributed by atoms with van der Waals surface area (Å²) in [5, 5.41) is 13.1. The lowest BCUT2D eigenvalue weighted by molar-refractivity contribution is -0.141. The number of carbonyl (C=O) groups excluding carboxylic acids is 2. The first-order valence-electron chi connectivity index (χ1n) is 11.7. The second kappa shape index (κ2) is 11.3. The van der Waals surface area contributed by atoms with E-state index in [4.69, 9.17) is 16.3 Å². The van der Waals surface area contributed by atoms with Crippen molar-refractivity contribution in [2.45, 2.75) is 44.3 Å². The van der Waals surface area contributed by atoms with Crippen LogP contribution in [0.1, 0.15) is 42.0 Å². The predicted molar refractivity (Wildman–Crippen MR) is 135 cm³/mol. The number of aromatic hydroxyl groups is 1. The molecular formula is C28H29ClN2O4.